The van der Waals surface area contributed by atoms with Crippen LogP contribution in [0.1, 0.15) is 23.6 Å². The first-order valence-electron chi connectivity index (χ1n) is 5.44. The lowest BCUT2D eigenvalue weighted by Crippen LogP contribution is -2.26. The van der Waals surface area contributed by atoms with Crippen molar-refractivity contribution < 1.29 is 4.79 Å². The standard InChI is InChI=1S/C13H17NO/c1-10(15)7-11-3-4-13-9-14(2)6-5-12(13)8-11/h3-4,8H,5-7,9H2,1-2H3. The van der Waals surface area contributed by atoms with Crippen molar-refractivity contribution in [1.82, 2.24) is 4.90 Å². The Labute approximate surface area is 90.9 Å². The molecule has 0 bridgehead atoms. The fourth-order valence-electron chi connectivity index (χ4n) is 2.14. The van der Waals surface area contributed by atoms with E-state index in [1.165, 1.54) is 11.1 Å². The summed E-state index contributed by atoms with van der Waals surface area (Å²) in [6, 6.07) is 6.45. The molecule has 0 amide bonds. The topological polar surface area (TPSA) is 20.3 Å². The van der Waals surface area contributed by atoms with Gasteiger partial charge in [-0.3, -0.25) is 4.79 Å². The van der Waals surface area contributed by atoms with E-state index in [2.05, 4.69) is 30.1 Å². The maximum absolute atomic E-state index is 11.0. The summed E-state index contributed by atoms with van der Waals surface area (Å²) in [7, 11) is 2.15. The molecule has 1 aliphatic rings. The van der Waals surface area contributed by atoms with Crippen LogP contribution in [-0.4, -0.2) is 24.3 Å². The zero-order valence-corrected chi connectivity index (χ0v) is 9.42. The monoisotopic (exact) mass is 203 g/mol. The lowest BCUT2D eigenvalue weighted by Gasteiger charge is -2.25. The minimum atomic E-state index is 0.239. The summed E-state index contributed by atoms with van der Waals surface area (Å²) >= 11 is 0. The largest absolute Gasteiger partial charge is 0.302 e. The summed E-state index contributed by atoms with van der Waals surface area (Å²) in [6.45, 7) is 3.80. The highest BCUT2D eigenvalue weighted by Crippen LogP contribution is 2.19. The van der Waals surface area contributed by atoms with Crippen LogP contribution in [0.4, 0.5) is 0 Å². The zero-order chi connectivity index (χ0) is 10.8. The molecule has 80 valence electrons. The van der Waals surface area contributed by atoms with Crippen molar-refractivity contribution in [2.75, 3.05) is 13.6 Å². The molecule has 0 fully saturated rings. The van der Waals surface area contributed by atoms with Crippen LogP contribution >= 0.6 is 0 Å². The van der Waals surface area contributed by atoms with Gasteiger partial charge in [-0.25, -0.2) is 0 Å². The SMILES string of the molecule is CC(=O)Cc1ccc2c(c1)CCN(C)C2. The molecule has 0 atom stereocenters. The molecule has 1 aromatic carbocycles. The van der Waals surface area contributed by atoms with Gasteiger partial charge in [0.1, 0.15) is 5.78 Å². The highest BCUT2D eigenvalue weighted by Gasteiger charge is 2.13. The first-order valence-corrected chi connectivity index (χ1v) is 5.44. The highest BCUT2D eigenvalue weighted by atomic mass is 16.1. The number of Topliss-reactive ketones (excluding diaryl/α,β-unsaturated/α-hetero) is 1. The molecule has 15 heavy (non-hydrogen) atoms. The van der Waals surface area contributed by atoms with Crippen LogP contribution in [0.25, 0.3) is 0 Å². The molecule has 2 nitrogen and oxygen atoms in total. The lowest BCUT2D eigenvalue weighted by molar-refractivity contribution is -0.116. The second-order valence-corrected chi connectivity index (χ2v) is 4.47. The number of ketones is 1. The van der Waals surface area contributed by atoms with Gasteiger partial charge in [-0.15, -0.1) is 0 Å². The molecule has 0 unspecified atom stereocenters. The zero-order valence-electron chi connectivity index (χ0n) is 9.42. The Hall–Kier alpha value is -1.15. The Morgan fingerprint density at radius 3 is 2.93 bits per heavy atom. The molecule has 0 aliphatic carbocycles. The lowest BCUT2D eigenvalue weighted by atomic mass is 9.96. The molecule has 2 heteroatoms. The third kappa shape index (κ3) is 2.45. The van der Waals surface area contributed by atoms with Crippen molar-refractivity contribution in [3.05, 3.63) is 34.9 Å². The first-order chi connectivity index (χ1) is 7.15. The second kappa shape index (κ2) is 4.15. The summed E-state index contributed by atoms with van der Waals surface area (Å²) in [5, 5.41) is 0. The number of likely N-dealkylation sites (N-methyl/N-ethyl adjacent to an activating group) is 1. The van der Waals surface area contributed by atoms with Crippen LogP contribution < -0.4 is 0 Å². The van der Waals surface area contributed by atoms with E-state index in [-0.39, 0.29) is 5.78 Å². The van der Waals surface area contributed by atoms with Crippen LogP contribution in [0.2, 0.25) is 0 Å². The average Bonchev–Trinajstić information content (AvgIpc) is 2.17. The van der Waals surface area contributed by atoms with Gasteiger partial charge in [-0.05, 0) is 37.1 Å². The third-order valence-corrected chi connectivity index (χ3v) is 2.93. The predicted molar refractivity (Wildman–Crippen MR) is 60.9 cm³/mol. The number of carbonyl (C=O) groups excluding carboxylic acids is 1. The van der Waals surface area contributed by atoms with Gasteiger partial charge in [0.15, 0.2) is 0 Å². The Morgan fingerprint density at radius 2 is 2.20 bits per heavy atom. The molecule has 0 saturated heterocycles. The number of hydrogen-bond donors (Lipinski definition) is 0. The van der Waals surface area contributed by atoms with E-state index in [0.717, 1.165) is 25.1 Å². The molecule has 0 saturated carbocycles. The fourth-order valence-corrected chi connectivity index (χ4v) is 2.14. The number of benzene rings is 1. The van der Waals surface area contributed by atoms with Gasteiger partial charge in [0.2, 0.25) is 0 Å². The normalized spacial score (nSPS) is 16.1. The van der Waals surface area contributed by atoms with Gasteiger partial charge in [0.05, 0.1) is 0 Å². The smallest absolute Gasteiger partial charge is 0.134 e. The number of nitrogens with zero attached hydrogens (tertiary/aromatic N) is 1. The summed E-state index contributed by atoms with van der Waals surface area (Å²) in [6.07, 6.45) is 1.68. The summed E-state index contributed by atoms with van der Waals surface area (Å²) < 4.78 is 0. The van der Waals surface area contributed by atoms with Crippen LogP contribution in [-0.2, 0) is 24.2 Å². The van der Waals surface area contributed by atoms with Crippen LogP contribution in [0, 0.1) is 0 Å². The van der Waals surface area contributed by atoms with Crippen molar-refractivity contribution in [2.24, 2.45) is 0 Å². The molecular weight excluding hydrogens is 186 g/mol. The predicted octanol–water partition coefficient (Wildman–Crippen LogP) is 1.81. The van der Waals surface area contributed by atoms with Crippen molar-refractivity contribution in [2.45, 2.75) is 26.3 Å². The summed E-state index contributed by atoms with van der Waals surface area (Å²) in [4.78, 5) is 13.4. The van der Waals surface area contributed by atoms with Crippen LogP contribution in [0.15, 0.2) is 18.2 Å². The maximum atomic E-state index is 11.0. The molecule has 0 aromatic heterocycles. The Kier molecular flexibility index (Phi) is 2.87. The Bertz CT molecular complexity index is 384. The van der Waals surface area contributed by atoms with Crippen molar-refractivity contribution in [3.63, 3.8) is 0 Å². The third-order valence-electron chi connectivity index (χ3n) is 2.93. The van der Waals surface area contributed by atoms with Gasteiger partial charge >= 0.3 is 0 Å². The van der Waals surface area contributed by atoms with Gasteiger partial charge in [0, 0.05) is 19.5 Å². The van der Waals surface area contributed by atoms with Gasteiger partial charge < -0.3 is 4.90 Å². The van der Waals surface area contributed by atoms with Gasteiger partial charge in [-0.2, -0.15) is 0 Å². The number of hydrogen-bond acceptors (Lipinski definition) is 2. The fraction of sp³-hybridized carbons (Fsp3) is 0.462. The molecule has 0 radical (unpaired) electrons. The number of rotatable bonds is 2. The maximum Gasteiger partial charge on any atom is 0.134 e. The minimum Gasteiger partial charge on any atom is -0.302 e. The van der Waals surface area contributed by atoms with E-state index in [1.54, 1.807) is 6.92 Å². The second-order valence-electron chi connectivity index (χ2n) is 4.47. The number of fused-ring (bicyclic) bond motifs is 1. The Morgan fingerprint density at radius 1 is 1.40 bits per heavy atom. The highest BCUT2D eigenvalue weighted by molar-refractivity contribution is 5.78. The molecule has 1 aliphatic heterocycles. The molecule has 1 aromatic rings. The first kappa shape index (κ1) is 10.4. The van der Waals surface area contributed by atoms with E-state index in [4.69, 9.17) is 0 Å². The van der Waals surface area contributed by atoms with E-state index in [0.29, 0.717) is 6.42 Å². The molecular formula is C13H17NO. The molecule has 0 N–H and O–H groups in total. The summed E-state index contributed by atoms with van der Waals surface area (Å²) in [5.74, 6) is 0.239. The quantitative estimate of drug-likeness (QED) is 0.730. The average molecular weight is 203 g/mol. The van der Waals surface area contributed by atoms with Crippen molar-refractivity contribution in [3.8, 4) is 0 Å². The molecule has 0 spiro atoms. The molecule has 2 rings (SSSR count). The molecule has 1 heterocycles. The number of carbonyl (C=O) groups is 1. The minimum absolute atomic E-state index is 0.239. The summed E-state index contributed by atoms with van der Waals surface area (Å²) in [5.41, 5.74) is 3.99. The van der Waals surface area contributed by atoms with E-state index < -0.39 is 0 Å². The van der Waals surface area contributed by atoms with Crippen LogP contribution in [0.5, 0.6) is 0 Å². The Balaban J connectivity index is 2.23. The van der Waals surface area contributed by atoms with Gasteiger partial charge in [-0.1, -0.05) is 18.2 Å². The van der Waals surface area contributed by atoms with Crippen molar-refractivity contribution in [1.29, 1.82) is 0 Å². The van der Waals surface area contributed by atoms with Gasteiger partial charge in [0.25, 0.3) is 0 Å². The van der Waals surface area contributed by atoms with E-state index >= 15 is 0 Å². The van der Waals surface area contributed by atoms with E-state index in [1.807, 2.05) is 0 Å². The van der Waals surface area contributed by atoms with Crippen molar-refractivity contribution >= 4 is 5.78 Å². The van der Waals surface area contributed by atoms with Crippen LogP contribution in [0.3, 0.4) is 0 Å². The van der Waals surface area contributed by atoms with E-state index in [9.17, 15) is 4.79 Å².